The van der Waals surface area contributed by atoms with E-state index < -0.39 is 5.60 Å². The summed E-state index contributed by atoms with van der Waals surface area (Å²) in [6.45, 7) is 10.6. The van der Waals surface area contributed by atoms with Crippen molar-refractivity contribution >= 4 is 12.0 Å². The van der Waals surface area contributed by atoms with Gasteiger partial charge in [-0.2, -0.15) is 0 Å². The smallest absolute Gasteiger partial charge is 0.350 e. The molecule has 0 bridgehead atoms. The van der Waals surface area contributed by atoms with E-state index >= 15 is 0 Å². The maximum atomic E-state index is 12.3. The van der Waals surface area contributed by atoms with Crippen molar-refractivity contribution < 1.29 is 19.0 Å². The summed E-state index contributed by atoms with van der Waals surface area (Å²) in [5, 5.41) is 0. The fourth-order valence-electron chi connectivity index (χ4n) is 3.56. The number of carbonyl (C=O) groups is 1. The molecule has 3 aromatic rings. The molecule has 0 N–H and O–H groups in total. The van der Waals surface area contributed by atoms with Gasteiger partial charge in [-0.25, -0.2) is 4.79 Å². The van der Waals surface area contributed by atoms with Crippen LogP contribution in [0.3, 0.4) is 0 Å². The molecule has 4 heteroatoms. The lowest BCUT2D eigenvalue weighted by atomic mass is 9.99. The average molecular weight is 473 g/mol. The Morgan fingerprint density at radius 3 is 2.03 bits per heavy atom. The number of esters is 1. The highest BCUT2D eigenvalue weighted by Gasteiger charge is 2.35. The molecule has 184 valence electrons. The van der Waals surface area contributed by atoms with Gasteiger partial charge in [0.15, 0.2) is 0 Å². The first-order chi connectivity index (χ1) is 16.8. The van der Waals surface area contributed by atoms with E-state index in [1.807, 2.05) is 37.3 Å². The van der Waals surface area contributed by atoms with Gasteiger partial charge in [0, 0.05) is 0 Å². The van der Waals surface area contributed by atoms with Crippen molar-refractivity contribution in [3.05, 3.63) is 90.0 Å². The molecule has 4 nitrogen and oxygen atoms in total. The third-order valence-corrected chi connectivity index (χ3v) is 6.07. The largest absolute Gasteiger partial charge is 0.489 e. The summed E-state index contributed by atoms with van der Waals surface area (Å²) in [7, 11) is 0. The lowest BCUT2D eigenvalue weighted by Gasteiger charge is -2.27. The van der Waals surface area contributed by atoms with Gasteiger partial charge >= 0.3 is 5.97 Å². The van der Waals surface area contributed by atoms with Gasteiger partial charge in [0.1, 0.15) is 18.1 Å². The Kier molecular flexibility index (Phi) is 9.13. The molecule has 1 unspecified atom stereocenters. The third-order valence-electron chi connectivity index (χ3n) is 6.07. The van der Waals surface area contributed by atoms with Gasteiger partial charge < -0.3 is 14.2 Å². The van der Waals surface area contributed by atoms with E-state index in [4.69, 9.17) is 14.2 Å². The van der Waals surface area contributed by atoms with Gasteiger partial charge in [0.05, 0.1) is 6.61 Å². The van der Waals surface area contributed by atoms with E-state index in [0.29, 0.717) is 31.3 Å². The Bertz CT molecular complexity index is 1100. The zero-order valence-corrected chi connectivity index (χ0v) is 21.4. The predicted molar refractivity (Wildman–Crippen MR) is 143 cm³/mol. The van der Waals surface area contributed by atoms with E-state index in [1.165, 1.54) is 16.7 Å². The van der Waals surface area contributed by atoms with Gasteiger partial charge in [-0.15, -0.1) is 0 Å². The summed E-state index contributed by atoms with van der Waals surface area (Å²) in [4.78, 5) is 12.3. The predicted octanol–water partition coefficient (Wildman–Crippen LogP) is 7.58. The lowest BCUT2D eigenvalue weighted by molar-refractivity contribution is -0.160. The second kappa shape index (κ2) is 12.3. The van der Waals surface area contributed by atoms with Gasteiger partial charge in [0.25, 0.3) is 0 Å². The van der Waals surface area contributed by atoms with Crippen molar-refractivity contribution in [2.24, 2.45) is 5.92 Å². The average Bonchev–Trinajstić information content (AvgIpc) is 2.88. The number of benzene rings is 3. The van der Waals surface area contributed by atoms with Crippen LogP contribution in [0.4, 0.5) is 0 Å². The first-order valence-corrected chi connectivity index (χ1v) is 12.3. The van der Waals surface area contributed by atoms with Gasteiger partial charge in [0.2, 0.25) is 5.60 Å². The minimum absolute atomic E-state index is 0.327. The second-order valence-corrected chi connectivity index (χ2v) is 9.03. The zero-order chi connectivity index (χ0) is 25.3. The Morgan fingerprint density at radius 1 is 0.857 bits per heavy atom. The molecule has 0 aromatic heterocycles. The van der Waals surface area contributed by atoms with Crippen molar-refractivity contribution in [3.8, 4) is 22.6 Å². The summed E-state index contributed by atoms with van der Waals surface area (Å²) in [5.74, 6) is 1.35. The zero-order valence-electron chi connectivity index (χ0n) is 21.4. The standard InChI is InChI=1S/C31H36O4/c1-6-31(5,30(32)33-7-2)35-29-19-17-28(18-20-29)34-22-27(23(3)4)21-24-13-15-26(16-14-24)25-11-9-8-10-12-25/h8-21,23H,6-7,22H2,1-5H3/b27-21-. The van der Waals surface area contributed by atoms with Crippen molar-refractivity contribution in [2.45, 2.75) is 46.6 Å². The fourth-order valence-corrected chi connectivity index (χ4v) is 3.56. The highest BCUT2D eigenvalue weighted by molar-refractivity contribution is 5.79. The Balaban J connectivity index is 1.64. The summed E-state index contributed by atoms with van der Waals surface area (Å²) >= 11 is 0. The van der Waals surface area contributed by atoms with Crippen LogP contribution in [0, 0.1) is 5.92 Å². The molecule has 0 aliphatic carbocycles. The van der Waals surface area contributed by atoms with Crippen LogP contribution in [0.2, 0.25) is 0 Å². The monoisotopic (exact) mass is 472 g/mol. The molecule has 35 heavy (non-hydrogen) atoms. The minimum Gasteiger partial charge on any atom is -0.489 e. The van der Waals surface area contributed by atoms with E-state index in [-0.39, 0.29) is 5.97 Å². The van der Waals surface area contributed by atoms with E-state index in [0.717, 1.165) is 11.3 Å². The molecule has 0 radical (unpaired) electrons. The Labute approximate surface area is 209 Å². The fraction of sp³-hybridized carbons (Fsp3) is 0.323. The Morgan fingerprint density at radius 2 is 1.46 bits per heavy atom. The van der Waals surface area contributed by atoms with E-state index in [2.05, 4.69) is 68.5 Å². The Hall–Kier alpha value is -3.53. The van der Waals surface area contributed by atoms with Crippen LogP contribution in [0.1, 0.15) is 46.6 Å². The molecule has 0 saturated heterocycles. The number of carbonyl (C=O) groups excluding carboxylic acids is 1. The number of rotatable bonds is 11. The van der Waals surface area contributed by atoms with Crippen molar-refractivity contribution in [1.82, 2.24) is 0 Å². The molecular weight excluding hydrogens is 436 g/mol. The van der Waals surface area contributed by atoms with Crippen LogP contribution in [0.15, 0.2) is 84.4 Å². The number of hydrogen-bond donors (Lipinski definition) is 0. The van der Waals surface area contributed by atoms with Crippen molar-refractivity contribution in [2.75, 3.05) is 13.2 Å². The van der Waals surface area contributed by atoms with Crippen molar-refractivity contribution in [1.29, 1.82) is 0 Å². The van der Waals surface area contributed by atoms with Crippen LogP contribution < -0.4 is 9.47 Å². The highest BCUT2D eigenvalue weighted by Crippen LogP contribution is 2.26. The van der Waals surface area contributed by atoms with Crippen LogP contribution in [0.5, 0.6) is 11.5 Å². The second-order valence-electron chi connectivity index (χ2n) is 9.03. The summed E-state index contributed by atoms with van der Waals surface area (Å²) < 4.78 is 17.2. The lowest BCUT2D eigenvalue weighted by Crippen LogP contribution is -2.42. The summed E-state index contributed by atoms with van der Waals surface area (Å²) in [6, 6.07) is 26.3. The van der Waals surface area contributed by atoms with Crippen LogP contribution in [0.25, 0.3) is 17.2 Å². The van der Waals surface area contributed by atoms with E-state index in [1.54, 1.807) is 13.8 Å². The quantitative estimate of drug-likeness (QED) is 0.270. The molecule has 0 aliphatic heterocycles. The molecule has 0 heterocycles. The van der Waals surface area contributed by atoms with Crippen LogP contribution in [-0.2, 0) is 9.53 Å². The summed E-state index contributed by atoms with van der Waals surface area (Å²) in [6.07, 6.45) is 2.71. The van der Waals surface area contributed by atoms with Gasteiger partial charge in [-0.3, -0.25) is 0 Å². The highest BCUT2D eigenvalue weighted by atomic mass is 16.6. The molecular formula is C31H36O4. The molecule has 0 saturated carbocycles. The first-order valence-electron chi connectivity index (χ1n) is 12.3. The molecule has 3 aromatic carbocycles. The maximum Gasteiger partial charge on any atom is 0.350 e. The molecule has 3 rings (SSSR count). The topological polar surface area (TPSA) is 44.8 Å². The van der Waals surface area contributed by atoms with Crippen molar-refractivity contribution in [3.63, 3.8) is 0 Å². The normalized spacial score (nSPS) is 13.3. The minimum atomic E-state index is -1.01. The number of hydrogen-bond acceptors (Lipinski definition) is 4. The van der Waals surface area contributed by atoms with Crippen LogP contribution >= 0.6 is 0 Å². The SMILES string of the molecule is CCOC(=O)C(C)(CC)Oc1ccc(OC/C(=C/c2ccc(-c3ccccc3)cc2)C(C)C)cc1. The summed E-state index contributed by atoms with van der Waals surface area (Å²) in [5.41, 5.74) is 3.76. The molecule has 0 aliphatic rings. The van der Waals surface area contributed by atoms with Crippen LogP contribution in [-0.4, -0.2) is 24.8 Å². The first kappa shape index (κ1) is 26.1. The molecule has 0 spiro atoms. The van der Waals surface area contributed by atoms with Gasteiger partial charge in [-0.05, 0) is 72.7 Å². The number of ether oxygens (including phenoxy) is 3. The van der Waals surface area contributed by atoms with Gasteiger partial charge in [-0.1, -0.05) is 81.4 Å². The third kappa shape index (κ3) is 7.22. The molecule has 1 atom stereocenters. The molecule has 0 amide bonds. The van der Waals surface area contributed by atoms with E-state index in [9.17, 15) is 4.79 Å². The molecule has 0 fully saturated rings. The maximum absolute atomic E-state index is 12.3.